The van der Waals surface area contributed by atoms with Crippen molar-refractivity contribution in [2.45, 2.75) is 31.6 Å². The van der Waals surface area contributed by atoms with Crippen molar-refractivity contribution < 1.29 is 17.2 Å². The molecule has 0 fully saturated rings. The molecule has 4 nitrogen and oxygen atoms in total. The first-order valence-corrected chi connectivity index (χ1v) is 7.53. The number of nitrogen functional groups attached to an aromatic ring is 1. The molecule has 0 aliphatic heterocycles. The molecular formula is C12H18F2N2O2S. The third-order valence-electron chi connectivity index (χ3n) is 2.78. The summed E-state index contributed by atoms with van der Waals surface area (Å²) in [5.74, 6) is -2.09. The second kappa shape index (κ2) is 6.29. The Hall–Kier alpha value is -1.21. The maximum Gasteiger partial charge on any atom is 0.246 e. The molecule has 19 heavy (non-hydrogen) atoms. The van der Waals surface area contributed by atoms with Crippen molar-refractivity contribution in [1.29, 1.82) is 0 Å². The van der Waals surface area contributed by atoms with Gasteiger partial charge in [0, 0.05) is 19.2 Å². The highest BCUT2D eigenvalue weighted by Crippen LogP contribution is 2.24. The second-order valence-corrected chi connectivity index (χ2v) is 6.06. The van der Waals surface area contributed by atoms with Gasteiger partial charge in [0.1, 0.15) is 16.5 Å². The molecule has 0 heterocycles. The van der Waals surface area contributed by atoms with Crippen molar-refractivity contribution in [2.75, 3.05) is 18.8 Å². The summed E-state index contributed by atoms with van der Waals surface area (Å²) in [4.78, 5) is -0.579. The summed E-state index contributed by atoms with van der Waals surface area (Å²) in [7, 11) is -3.98. The van der Waals surface area contributed by atoms with Crippen LogP contribution in [0.4, 0.5) is 14.5 Å². The first-order chi connectivity index (χ1) is 8.84. The standard InChI is InChI=1S/C12H18F2N2O2S/c1-3-5-6-16(4-2)19(17,18)12-8-11(15)9(13)7-10(12)14/h7-8H,3-6,15H2,1-2H3. The van der Waals surface area contributed by atoms with Crippen LogP contribution in [0.5, 0.6) is 0 Å². The molecule has 2 N–H and O–H groups in total. The summed E-state index contributed by atoms with van der Waals surface area (Å²) < 4.78 is 52.4. The lowest BCUT2D eigenvalue weighted by molar-refractivity contribution is 0.415. The Morgan fingerprint density at radius 3 is 2.37 bits per heavy atom. The van der Waals surface area contributed by atoms with Gasteiger partial charge in [-0.05, 0) is 12.5 Å². The molecule has 0 aliphatic rings. The van der Waals surface area contributed by atoms with Gasteiger partial charge in [-0.3, -0.25) is 0 Å². The molecule has 0 atom stereocenters. The Kier molecular flexibility index (Phi) is 5.25. The summed E-state index contributed by atoms with van der Waals surface area (Å²) >= 11 is 0. The molecule has 108 valence electrons. The molecule has 0 spiro atoms. The van der Waals surface area contributed by atoms with Gasteiger partial charge in [0.05, 0.1) is 5.69 Å². The van der Waals surface area contributed by atoms with E-state index in [0.717, 1.165) is 16.8 Å². The maximum atomic E-state index is 13.6. The molecule has 0 aliphatic carbocycles. The van der Waals surface area contributed by atoms with Gasteiger partial charge in [-0.2, -0.15) is 4.31 Å². The quantitative estimate of drug-likeness (QED) is 0.819. The van der Waals surface area contributed by atoms with Crippen molar-refractivity contribution in [2.24, 2.45) is 0 Å². The Morgan fingerprint density at radius 2 is 1.84 bits per heavy atom. The summed E-state index contributed by atoms with van der Waals surface area (Å²) in [6.45, 7) is 4.11. The van der Waals surface area contributed by atoms with Gasteiger partial charge in [-0.25, -0.2) is 17.2 Å². The van der Waals surface area contributed by atoms with E-state index in [1.165, 1.54) is 0 Å². The Balaban J connectivity index is 3.22. The van der Waals surface area contributed by atoms with Crippen LogP contribution in [0.2, 0.25) is 0 Å². The zero-order chi connectivity index (χ0) is 14.6. The van der Waals surface area contributed by atoms with Crippen LogP contribution in [-0.2, 0) is 10.0 Å². The molecule has 7 heteroatoms. The number of rotatable bonds is 6. The van der Waals surface area contributed by atoms with E-state index < -0.39 is 26.6 Å². The highest BCUT2D eigenvalue weighted by atomic mass is 32.2. The zero-order valence-corrected chi connectivity index (χ0v) is 11.8. The minimum atomic E-state index is -3.98. The average Bonchev–Trinajstić information content (AvgIpc) is 2.34. The number of benzene rings is 1. The molecule has 0 amide bonds. The molecule has 1 aromatic rings. The van der Waals surface area contributed by atoms with E-state index in [2.05, 4.69) is 0 Å². The number of hydrogen-bond acceptors (Lipinski definition) is 3. The lowest BCUT2D eigenvalue weighted by atomic mass is 10.3. The van der Waals surface area contributed by atoms with Crippen LogP contribution in [0.15, 0.2) is 17.0 Å². The SMILES string of the molecule is CCCCN(CC)S(=O)(=O)c1cc(N)c(F)cc1F. The highest BCUT2D eigenvalue weighted by Gasteiger charge is 2.27. The highest BCUT2D eigenvalue weighted by molar-refractivity contribution is 7.89. The lowest BCUT2D eigenvalue weighted by Gasteiger charge is -2.20. The van der Waals surface area contributed by atoms with Crippen molar-refractivity contribution in [3.05, 3.63) is 23.8 Å². The summed E-state index contributed by atoms with van der Waals surface area (Å²) in [5, 5.41) is 0. The lowest BCUT2D eigenvalue weighted by Crippen LogP contribution is -2.32. The predicted molar refractivity (Wildman–Crippen MR) is 70.1 cm³/mol. The van der Waals surface area contributed by atoms with Crippen molar-refractivity contribution in [3.63, 3.8) is 0 Å². The van der Waals surface area contributed by atoms with Crippen LogP contribution in [0.1, 0.15) is 26.7 Å². The molecule has 0 saturated carbocycles. The summed E-state index contributed by atoms with van der Waals surface area (Å²) in [5.41, 5.74) is 4.92. The van der Waals surface area contributed by atoms with E-state index in [9.17, 15) is 17.2 Å². The van der Waals surface area contributed by atoms with Crippen molar-refractivity contribution in [1.82, 2.24) is 4.31 Å². The largest absolute Gasteiger partial charge is 0.396 e. The smallest absolute Gasteiger partial charge is 0.246 e. The van der Waals surface area contributed by atoms with E-state index in [-0.39, 0.29) is 12.2 Å². The van der Waals surface area contributed by atoms with E-state index in [0.29, 0.717) is 19.0 Å². The zero-order valence-electron chi connectivity index (χ0n) is 11.0. The van der Waals surface area contributed by atoms with Crippen LogP contribution < -0.4 is 5.73 Å². The molecular weight excluding hydrogens is 274 g/mol. The Morgan fingerprint density at radius 1 is 1.21 bits per heavy atom. The fraction of sp³-hybridized carbons (Fsp3) is 0.500. The van der Waals surface area contributed by atoms with Gasteiger partial charge in [-0.1, -0.05) is 20.3 Å². The number of sulfonamides is 1. The molecule has 1 rings (SSSR count). The average molecular weight is 292 g/mol. The third kappa shape index (κ3) is 3.42. The number of anilines is 1. The van der Waals surface area contributed by atoms with Crippen LogP contribution >= 0.6 is 0 Å². The number of hydrogen-bond donors (Lipinski definition) is 1. The summed E-state index contributed by atoms with van der Waals surface area (Å²) in [6, 6.07) is 1.32. The van der Waals surface area contributed by atoms with Crippen LogP contribution in [0.3, 0.4) is 0 Å². The molecule has 0 saturated heterocycles. The van der Waals surface area contributed by atoms with E-state index in [4.69, 9.17) is 5.73 Å². The van der Waals surface area contributed by atoms with Gasteiger partial charge >= 0.3 is 0 Å². The molecule has 1 aromatic carbocycles. The number of nitrogens with two attached hydrogens (primary N) is 1. The third-order valence-corrected chi connectivity index (χ3v) is 4.77. The minimum Gasteiger partial charge on any atom is -0.396 e. The minimum absolute atomic E-state index is 0.221. The predicted octanol–water partition coefficient (Wildman–Crippen LogP) is 2.36. The van der Waals surface area contributed by atoms with Gasteiger partial charge in [0.25, 0.3) is 0 Å². The summed E-state index contributed by atoms with van der Waals surface area (Å²) in [6.07, 6.45) is 1.49. The van der Waals surface area contributed by atoms with Gasteiger partial charge in [0.2, 0.25) is 10.0 Å². The number of unbranched alkanes of at least 4 members (excludes halogenated alkanes) is 1. The Bertz CT molecular complexity index is 547. The normalized spacial score (nSPS) is 12.1. The fourth-order valence-electron chi connectivity index (χ4n) is 1.66. The van der Waals surface area contributed by atoms with Crippen molar-refractivity contribution >= 4 is 15.7 Å². The van der Waals surface area contributed by atoms with Gasteiger partial charge in [0.15, 0.2) is 0 Å². The van der Waals surface area contributed by atoms with Gasteiger partial charge in [-0.15, -0.1) is 0 Å². The monoisotopic (exact) mass is 292 g/mol. The van der Waals surface area contributed by atoms with Crippen LogP contribution in [0.25, 0.3) is 0 Å². The van der Waals surface area contributed by atoms with Crippen molar-refractivity contribution in [3.8, 4) is 0 Å². The van der Waals surface area contributed by atoms with E-state index in [1.807, 2.05) is 6.92 Å². The number of nitrogens with zero attached hydrogens (tertiary/aromatic N) is 1. The molecule has 0 unspecified atom stereocenters. The number of halogens is 2. The first-order valence-electron chi connectivity index (χ1n) is 6.09. The topological polar surface area (TPSA) is 63.4 Å². The molecule has 0 bridgehead atoms. The maximum absolute atomic E-state index is 13.6. The molecule has 0 radical (unpaired) electrons. The Labute approximate surface area is 112 Å². The van der Waals surface area contributed by atoms with Crippen LogP contribution in [-0.4, -0.2) is 25.8 Å². The fourth-order valence-corrected chi connectivity index (χ4v) is 3.23. The van der Waals surface area contributed by atoms with E-state index in [1.54, 1.807) is 6.92 Å². The first kappa shape index (κ1) is 15.8. The van der Waals surface area contributed by atoms with E-state index >= 15 is 0 Å². The molecule has 0 aromatic heterocycles. The second-order valence-electron chi connectivity index (χ2n) is 4.15. The van der Waals surface area contributed by atoms with Crippen LogP contribution in [0, 0.1) is 11.6 Å². The van der Waals surface area contributed by atoms with Gasteiger partial charge < -0.3 is 5.73 Å².